The molecule has 2 heterocycles. The summed E-state index contributed by atoms with van der Waals surface area (Å²) < 4.78 is 5.78. The SMILES string of the molecule is Cc1csc(Oc2ccc(CNC(=O)c3ccc(C)nc3N)cc2)c1. The molecular formula is C19H19N3O2S. The number of ether oxygens (including phenoxy) is 1. The lowest BCUT2D eigenvalue weighted by Gasteiger charge is -2.08. The topological polar surface area (TPSA) is 77.2 Å². The first-order valence-corrected chi connectivity index (χ1v) is 8.72. The smallest absolute Gasteiger partial charge is 0.255 e. The Morgan fingerprint density at radius 3 is 2.60 bits per heavy atom. The summed E-state index contributed by atoms with van der Waals surface area (Å²) in [6.45, 7) is 4.27. The van der Waals surface area contributed by atoms with Crippen LogP contribution in [0.4, 0.5) is 5.82 Å². The first-order valence-electron chi connectivity index (χ1n) is 7.84. The van der Waals surface area contributed by atoms with Gasteiger partial charge in [0, 0.05) is 12.2 Å². The van der Waals surface area contributed by atoms with Gasteiger partial charge < -0.3 is 15.8 Å². The van der Waals surface area contributed by atoms with Crippen LogP contribution in [0, 0.1) is 13.8 Å². The third-order valence-corrected chi connectivity index (χ3v) is 4.53. The molecule has 0 saturated carbocycles. The Balaban J connectivity index is 1.59. The maximum atomic E-state index is 12.2. The van der Waals surface area contributed by atoms with E-state index in [0.29, 0.717) is 12.1 Å². The minimum absolute atomic E-state index is 0.237. The number of benzene rings is 1. The van der Waals surface area contributed by atoms with Crippen LogP contribution in [0.5, 0.6) is 10.8 Å². The second kappa shape index (κ2) is 7.36. The number of hydrogen-bond acceptors (Lipinski definition) is 5. The zero-order valence-corrected chi connectivity index (χ0v) is 14.9. The zero-order valence-electron chi connectivity index (χ0n) is 14.1. The van der Waals surface area contributed by atoms with Gasteiger partial charge in [-0.05, 0) is 60.7 Å². The number of amides is 1. The van der Waals surface area contributed by atoms with E-state index < -0.39 is 0 Å². The van der Waals surface area contributed by atoms with Gasteiger partial charge in [0.05, 0.1) is 5.56 Å². The molecule has 3 aromatic rings. The number of aryl methyl sites for hydroxylation is 2. The average Bonchev–Trinajstić information content (AvgIpc) is 2.99. The summed E-state index contributed by atoms with van der Waals surface area (Å²) in [6.07, 6.45) is 0. The molecule has 5 nitrogen and oxygen atoms in total. The molecule has 1 aromatic carbocycles. The molecule has 3 rings (SSSR count). The summed E-state index contributed by atoms with van der Waals surface area (Å²) in [5.41, 5.74) is 9.13. The molecule has 0 bridgehead atoms. The number of carbonyl (C=O) groups is 1. The van der Waals surface area contributed by atoms with E-state index in [9.17, 15) is 4.79 Å². The molecule has 0 atom stereocenters. The van der Waals surface area contributed by atoms with Crippen LogP contribution in [0.15, 0.2) is 47.8 Å². The normalized spacial score (nSPS) is 10.5. The van der Waals surface area contributed by atoms with Crippen molar-refractivity contribution in [3.8, 4) is 10.8 Å². The molecule has 128 valence electrons. The van der Waals surface area contributed by atoms with Gasteiger partial charge >= 0.3 is 0 Å². The quantitative estimate of drug-likeness (QED) is 0.725. The molecule has 0 saturated heterocycles. The van der Waals surface area contributed by atoms with E-state index in [4.69, 9.17) is 10.5 Å². The molecule has 3 N–H and O–H groups in total. The van der Waals surface area contributed by atoms with E-state index in [0.717, 1.165) is 22.1 Å². The molecule has 25 heavy (non-hydrogen) atoms. The third kappa shape index (κ3) is 4.36. The summed E-state index contributed by atoms with van der Waals surface area (Å²) >= 11 is 1.57. The fourth-order valence-electron chi connectivity index (χ4n) is 2.30. The van der Waals surface area contributed by atoms with E-state index in [2.05, 4.69) is 10.3 Å². The molecule has 1 amide bonds. The van der Waals surface area contributed by atoms with Crippen LogP contribution in [0.1, 0.15) is 27.2 Å². The third-order valence-electron chi connectivity index (χ3n) is 3.61. The summed E-state index contributed by atoms with van der Waals surface area (Å²) in [6, 6.07) is 13.1. The number of aromatic nitrogens is 1. The van der Waals surface area contributed by atoms with E-state index >= 15 is 0 Å². The molecule has 0 aliphatic rings. The van der Waals surface area contributed by atoms with Gasteiger partial charge in [0.1, 0.15) is 11.6 Å². The molecule has 6 heteroatoms. The van der Waals surface area contributed by atoms with Crippen molar-refractivity contribution in [3.05, 3.63) is 70.2 Å². The number of nitrogens with two attached hydrogens (primary N) is 1. The van der Waals surface area contributed by atoms with Crippen molar-refractivity contribution in [1.29, 1.82) is 0 Å². The number of nitrogens with zero attached hydrogens (tertiary/aromatic N) is 1. The van der Waals surface area contributed by atoms with E-state index in [1.54, 1.807) is 23.5 Å². The molecular weight excluding hydrogens is 334 g/mol. The first-order chi connectivity index (χ1) is 12.0. The Bertz CT molecular complexity index is 888. The van der Waals surface area contributed by atoms with Crippen LogP contribution in [-0.4, -0.2) is 10.9 Å². The minimum Gasteiger partial charge on any atom is -0.447 e. The Hall–Kier alpha value is -2.86. The van der Waals surface area contributed by atoms with E-state index in [1.165, 1.54) is 5.56 Å². The van der Waals surface area contributed by atoms with Gasteiger partial charge in [-0.25, -0.2) is 4.98 Å². The monoisotopic (exact) mass is 353 g/mol. The zero-order chi connectivity index (χ0) is 17.8. The molecule has 0 spiro atoms. The number of hydrogen-bond donors (Lipinski definition) is 2. The Morgan fingerprint density at radius 1 is 1.20 bits per heavy atom. The maximum Gasteiger partial charge on any atom is 0.255 e. The molecule has 0 aliphatic heterocycles. The number of carbonyl (C=O) groups excluding carboxylic acids is 1. The first kappa shape index (κ1) is 17.0. The van der Waals surface area contributed by atoms with Crippen molar-refractivity contribution in [2.24, 2.45) is 0 Å². The van der Waals surface area contributed by atoms with Crippen LogP contribution in [0.2, 0.25) is 0 Å². The van der Waals surface area contributed by atoms with Gasteiger partial charge in [-0.3, -0.25) is 4.79 Å². The van der Waals surface area contributed by atoms with Crippen molar-refractivity contribution in [2.75, 3.05) is 5.73 Å². The van der Waals surface area contributed by atoms with Crippen molar-refractivity contribution < 1.29 is 9.53 Å². The standard InChI is InChI=1S/C19H19N3O2S/c1-12-9-17(25-11-12)24-15-6-4-14(5-7-15)10-21-19(23)16-8-3-13(2)22-18(16)20/h3-9,11H,10H2,1-2H3,(H2,20,22)(H,21,23). The summed E-state index contributed by atoms with van der Waals surface area (Å²) in [4.78, 5) is 16.3. The second-order valence-electron chi connectivity index (χ2n) is 5.76. The second-order valence-corrected chi connectivity index (χ2v) is 6.63. The largest absolute Gasteiger partial charge is 0.447 e. The fourth-order valence-corrected chi connectivity index (χ4v) is 3.06. The van der Waals surface area contributed by atoms with Gasteiger partial charge in [-0.1, -0.05) is 12.1 Å². The van der Waals surface area contributed by atoms with Crippen LogP contribution in [0.25, 0.3) is 0 Å². The van der Waals surface area contributed by atoms with E-state index in [-0.39, 0.29) is 11.7 Å². The predicted octanol–water partition coefficient (Wildman–Crippen LogP) is 4.06. The lowest BCUT2D eigenvalue weighted by molar-refractivity contribution is 0.0951. The van der Waals surface area contributed by atoms with Gasteiger partial charge in [-0.2, -0.15) is 0 Å². The number of nitrogens with one attached hydrogen (secondary N) is 1. The lowest BCUT2D eigenvalue weighted by atomic mass is 10.2. The Kier molecular flexibility index (Phi) is 5.00. The van der Waals surface area contributed by atoms with Crippen molar-refractivity contribution >= 4 is 23.1 Å². The summed E-state index contributed by atoms with van der Waals surface area (Å²) in [7, 11) is 0. The van der Waals surface area contributed by atoms with Crippen LogP contribution in [0.3, 0.4) is 0 Å². The minimum atomic E-state index is -0.237. The van der Waals surface area contributed by atoms with Crippen molar-refractivity contribution in [1.82, 2.24) is 10.3 Å². The summed E-state index contributed by atoms with van der Waals surface area (Å²) in [5, 5.41) is 5.76. The predicted molar refractivity (Wildman–Crippen MR) is 100 cm³/mol. The molecule has 0 unspecified atom stereocenters. The fraction of sp³-hybridized carbons (Fsp3) is 0.158. The number of pyridine rings is 1. The number of rotatable bonds is 5. The Labute approximate surface area is 150 Å². The maximum absolute atomic E-state index is 12.2. The highest BCUT2D eigenvalue weighted by Gasteiger charge is 2.10. The highest BCUT2D eigenvalue weighted by atomic mass is 32.1. The Morgan fingerprint density at radius 2 is 1.96 bits per heavy atom. The molecule has 0 fully saturated rings. The van der Waals surface area contributed by atoms with Crippen molar-refractivity contribution in [3.63, 3.8) is 0 Å². The van der Waals surface area contributed by atoms with Gasteiger partial charge in [-0.15, -0.1) is 11.3 Å². The van der Waals surface area contributed by atoms with Crippen LogP contribution in [-0.2, 0) is 6.54 Å². The van der Waals surface area contributed by atoms with Gasteiger partial charge in [0.25, 0.3) is 5.91 Å². The number of anilines is 1. The molecule has 0 aliphatic carbocycles. The molecule has 2 aromatic heterocycles. The van der Waals surface area contributed by atoms with Crippen LogP contribution < -0.4 is 15.8 Å². The molecule has 0 radical (unpaired) electrons. The number of nitrogen functional groups attached to an aromatic ring is 1. The highest BCUT2D eigenvalue weighted by molar-refractivity contribution is 7.12. The van der Waals surface area contributed by atoms with Crippen molar-refractivity contribution in [2.45, 2.75) is 20.4 Å². The highest BCUT2D eigenvalue weighted by Crippen LogP contribution is 2.28. The van der Waals surface area contributed by atoms with Gasteiger partial charge in [0.2, 0.25) is 0 Å². The average molecular weight is 353 g/mol. The van der Waals surface area contributed by atoms with Crippen LogP contribution >= 0.6 is 11.3 Å². The number of thiophene rings is 1. The lowest BCUT2D eigenvalue weighted by Crippen LogP contribution is -2.24. The van der Waals surface area contributed by atoms with E-state index in [1.807, 2.05) is 49.6 Å². The van der Waals surface area contributed by atoms with Gasteiger partial charge in [0.15, 0.2) is 5.06 Å². The summed E-state index contributed by atoms with van der Waals surface area (Å²) in [5.74, 6) is 0.774.